The van der Waals surface area contributed by atoms with Crippen molar-refractivity contribution in [2.75, 3.05) is 43.9 Å². The van der Waals surface area contributed by atoms with Gasteiger partial charge < -0.3 is 25.5 Å². The number of piperazine rings is 1. The monoisotopic (exact) mass is 496 g/mol. The quantitative estimate of drug-likeness (QED) is 0.372. The highest BCUT2D eigenvalue weighted by Crippen LogP contribution is 2.36. The standard InChI is InChI=1S/C29H32N6O2/c1-34(2)27(37)11-12-30-29-32-26-14-19(25-15-22(36)13-18-5-3-4-6-23(18)25)7-10-24(26)28(33-29)35-16-20-8-9-21(17-35)31-20/h3-7,10,13-15,20-21,31,36H,8-9,11-12,16-17H2,1-2H3,(H,30,32,33). The number of aromatic nitrogens is 2. The molecule has 2 atom stereocenters. The summed E-state index contributed by atoms with van der Waals surface area (Å²) >= 11 is 0. The van der Waals surface area contributed by atoms with Gasteiger partial charge in [0.25, 0.3) is 0 Å². The topological polar surface area (TPSA) is 93.6 Å². The zero-order chi connectivity index (χ0) is 25.5. The molecule has 3 heterocycles. The van der Waals surface area contributed by atoms with E-state index < -0.39 is 0 Å². The Labute approximate surface area is 216 Å². The largest absolute Gasteiger partial charge is 0.508 e. The van der Waals surface area contributed by atoms with Crippen LogP contribution in [0.5, 0.6) is 5.75 Å². The minimum atomic E-state index is 0.0604. The molecule has 2 fully saturated rings. The van der Waals surface area contributed by atoms with E-state index in [1.165, 1.54) is 12.8 Å². The lowest BCUT2D eigenvalue weighted by Gasteiger charge is -2.34. The van der Waals surface area contributed by atoms with Gasteiger partial charge in [0.1, 0.15) is 11.6 Å². The van der Waals surface area contributed by atoms with Gasteiger partial charge in [-0.1, -0.05) is 30.3 Å². The Morgan fingerprint density at radius 3 is 2.62 bits per heavy atom. The molecule has 2 aliphatic heterocycles. The smallest absolute Gasteiger partial charge is 0.225 e. The van der Waals surface area contributed by atoms with E-state index >= 15 is 0 Å². The number of carbonyl (C=O) groups is 1. The molecule has 8 heteroatoms. The summed E-state index contributed by atoms with van der Waals surface area (Å²) in [5, 5.41) is 20.5. The highest BCUT2D eigenvalue weighted by Gasteiger charge is 2.33. The molecule has 4 aromatic rings. The number of hydrogen-bond acceptors (Lipinski definition) is 7. The molecule has 0 saturated carbocycles. The summed E-state index contributed by atoms with van der Waals surface area (Å²) < 4.78 is 0. The number of nitrogens with one attached hydrogen (secondary N) is 2. The number of hydrogen-bond donors (Lipinski definition) is 3. The van der Waals surface area contributed by atoms with Crippen molar-refractivity contribution in [3.05, 3.63) is 54.6 Å². The van der Waals surface area contributed by atoms with Crippen molar-refractivity contribution >= 4 is 39.3 Å². The van der Waals surface area contributed by atoms with Crippen LogP contribution in [-0.4, -0.2) is 71.7 Å². The highest BCUT2D eigenvalue weighted by molar-refractivity contribution is 6.01. The third-order valence-corrected chi connectivity index (χ3v) is 7.47. The van der Waals surface area contributed by atoms with Gasteiger partial charge in [-0.2, -0.15) is 4.98 Å². The predicted octanol–water partition coefficient (Wildman–Crippen LogP) is 3.99. The first kappa shape index (κ1) is 23.5. The fourth-order valence-corrected chi connectivity index (χ4v) is 5.61. The van der Waals surface area contributed by atoms with Gasteiger partial charge >= 0.3 is 0 Å². The van der Waals surface area contributed by atoms with Gasteiger partial charge in [-0.05, 0) is 59.0 Å². The third kappa shape index (κ3) is 4.64. The van der Waals surface area contributed by atoms with Crippen molar-refractivity contribution in [3.63, 3.8) is 0 Å². The number of fused-ring (bicyclic) bond motifs is 4. The van der Waals surface area contributed by atoms with E-state index in [9.17, 15) is 9.90 Å². The Morgan fingerprint density at radius 1 is 1.05 bits per heavy atom. The minimum Gasteiger partial charge on any atom is -0.508 e. The molecule has 8 nitrogen and oxygen atoms in total. The molecule has 0 aliphatic carbocycles. The van der Waals surface area contributed by atoms with Gasteiger partial charge in [0.05, 0.1) is 5.52 Å². The van der Waals surface area contributed by atoms with Gasteiger partial charge in [0.15, 0.2) is 0 Å². The summed E-state index contributed by atoms with van der Waals surface area (Å²) in [4.78, 5) is 25.9. The van der Waals surface area contributed by atoms with Gasteiger partial charge in [0.2, 0.25) is 11.9 Å². The second-order valence-electron chi connectivity index (χ2n) is 10.3. The van der Waals surface area contributed by atoms with Crippen molar-refractivity contribution in [1.29, 1.82) is 0 Å². The van der Waals surface area contributed by atoms with Crippen molar-refractivity contribution < 1.29 is 9.90 Å². The maximum Gasteiger partial charge on any atom is 0.225 e. The summed E-state index contributed by atoms with van der Waals surface area (Å²) in [7, 11) is 3.52. The normalized spacial score (nSPS) is 18.9. The molecule has 37 heavy (non-hydrogen) atoms. The van der Waals surface area contributed by atoms with Crippen molar-refractivity contribution in [2.24, 2.45) is 0 Å². The van der Waals surface area contributed by atoms with E-state index in [1.54, 1.807) is 25.1 Å². The zero-order valence-electron chi connectivity index (χ0n) is 21.2. The van der Waals surface area contributed by atoms with Gasteiger partial charge in [-0.3, -0.25) is 4.79 Å². The molecule has 2 aliphatic rings. The van der Waals surface area contributed by atoms with Crippen LogP contribution in [0, 0.1) is 0 Å². The molecule has 1 aromatic heterocycles. The number of aromatic hydroxyl groups is 1. The summed E-state index contributed by atoms with van der Waals surface area (Å²) in [6.07, 6.45) is 2.75. The molecule has 0 radical (unpaired) electrons. The van der Waals surface area contributed by atoms with E-state index in [2.05, 4.69) is 39.8 Å². The highest BCUT2D eigenvalue weighted by atomic mass is 16.3. The minimum absolute atomic E-state index is 0.0604. The van der Waals surface area contributed by atoms with Crippen LogP contribution < -0.4 is 15.5 Å². The fourth-order valence-electron chi connectivity index (χ4n) is 5.61. The molecule has 2 unspecified atom stereocenters. The molecule has 1 amide bonds. The maximum atomic E-state index is 12.1. The summed E-state index contributed by atoms with van der Waals surface area (Å²) in [5.41, 5.74) is 2.78. The Balaban J connectivity index is 1.42. The predicted molar refractivity (Wildman–Crippen MR) is 148 cm³/mol. The zero-order valence-corrected chi connectivity index (χ0v) is 21.2. The van der Waals surface area contributed by atoms with Gasteiger partial charge in [0, 0.05) is 57.6 Å². The van der Waals surface area contributed by atoms with Crippen LogP contribution in [0.4, 0.5) is 11.8 Å². The molecule has 6 rings (SSSR count). The molecule has 2 bridgehead atoms. The van der Waals surface area contributed by atoms with Crippen LogP contribution in [0.1, 0.15) is 19.3 Å². The number of phenols is 1. The van der Waals surface area contributed by atoms with Crippen LogP contribution in [0.15, 0.2) is 54.6 Å². The average Bonchev–Trinajstić information content (AvgIpc) is 3.24. The fraction of sp³-hybridized carbons (Fsp3) is 0.345. The van der Waals surface area contributed by atoms with E-state index in [-0.39, 0.29) is 11.7 Å². The second-order valence-corrected chi connectivity index (χ2v) is 10.3. The SMILES string of the molecule is CN(C)C(=O)CCNc1nc(N2CC3CCC(C2)N3)c2ccc(-c3cc(O)cc4ccccc34)cc2n1. The van der Waals surface area contributed by atoms with Crippen LogP contribution in [0.25, 0.3) is 32.8 Å². The number of amides is 1. The lowest BCUT2D eigenvalue weighted by atomic mass is 9.97. The summed E-state index contributed by atoms with van der Waals surface area (Å²) in [5.74, 6) is 1.75. The average molecular weight is 497 g/mol. The number of nitrogens with zero attached hydrogens (tertiary/aromatic N) is 4. The molecular formula is C29H32N6O2. The van der Waals surface area contributed by atoms with Crippen LogP contribution in [0.3, 0.4) is 0 Å². The maximum absolute atomic E-state index is 12.1. The number of rotatable bonds is 6. The first-order chi connectivity index (χ1) is 17.9. The van der Waals surface area contributed by atoms with Crippen LogP contribution in [0.2, 0.25) is 0 Å². The van der Waals surface area contributed by atoms with Crippen LogP contribution >= 0.6 is 0 Å². The Morgan fingerprint density at radius 2 is 1.84 bits per heavy atom. The first-order valence-electron chi connectivity index (χ1n) is 12.9. The first-order valence-corrected chi connectivity index (χ1v) is 12.9. The molecule has 3 aromatic carbocycles. The van der Waals surface area contributed by atoms with E-state index in [4.69, 9.17) is 9.97 Å². The lowest BCUT2D eigenvalue weighted by Crippen LogP contribution is -2.51. The van der Waals surface area contributed by atoms with E-state index in [0.717, 1.165) is 51.7 Å². The number of carbonyl (C=O) groups excluding carboxylic acids is 1. The van der Waals surface area contributed by atoms with Crippen molar-refractivity contribution in [2.45, 2.75) is 31.3 Å². The van der Waals surface area contributed by atoms with E-state index in [0.29, 0.717) is 31.0 Å². The summed E-state index contributed by atoms with van der Waals surface area (Å²) in [6.45, 7) is 2.30. The number of phenolic OH excluding ortho intramolecular Hbond substituents is 1. The third-order valence-electron chi connectivity index (χ3n) is 7.47. The molecule has 0 spiro atoms. The summed E-state index contributed by atoms with van der Waals surface area (Å²) in [6, 6.07) is 18.9. The van der Waals surface area contributed by atoms with Gasteiger partial charge in [-0.15, -0.1) is 0 Å². The Bertz CT molecular complexity index is 1470. The molecule has 3 N–H and O–H groups in total. The lowest BCUT2D eigenvalue weighted by molar-refractivity contribution is -0.128. The number of benzene rings is 3. The molecule has 190 valence electrons. The molecular weight excluding hydrogens is 464 g/mol. The van der Waals surface area contributed by atoms with Crippen LogP contribution in [-0.2, 0) is 4.79 Å². The van der Waals surface area contributed by atoms with Crippen molar-refractivity contribution in [3.8, 4) is 16.9 Å². The Kier molecular flexibility index (Phi) is 6.04. The van der Waals surface area contributed by atoms with E-state index in [1.807, 2.05) is 24.3 Å². The Hall–Kier alpha value is -3.91. The molecule has 2 saturated heterocycles. The number of anilines is 2. The van der Waals surface area contributed by atoms with Crippen molar-refractivity contribution in [1.82, 2.24) is 20.2 Å². The van der Waals surface area contributed by atoms with Gasteiger partial charge in [-0.25, -0.2) is 4.98 Å². The second kappa shape index (κ2) is 9.52.